The molecule has 110 valence electrons. The molecular weight excluding hydrogens is 259 g/mol. The van der Waals surface area contributed by atoms with Crippen LogP contribution in [0, 0.1) is 5.82 Å². The van der Waals surface area contributed by atoms with Gasteiger partial charge in [0.15, 0.2) is 17.7 Å². The summed E-state index contributed by atoms with van der Waals surface area (Å²) < 4.78 is 19.4. The summed E-state index contributed by atoms with van der Waals surface area (Å²) in [5, 5.41) is 3.22. The van der Waals surface area contributed by atoms with Crippen molar-refractivity contribution >= 4 is 5.91 Å². The number of likely N-dealkylation sites (tertiary alicyclic amines) is 1. The summed E-state index contributed by atoms with van der Waals surface area (Å²) >= 11 is 0. The largest absolute Gasteiger partial charge is 0.477 e. The molecule has 1 amide bonds. The molecule has 1 aliphatic rings. The van der Waals surface area contributed by atoms with Crippen LogP contribution in [0.15, 0.2) is 18.2 Å². The van der Waals surface area contributed by atoms with E-state index in [1.807, 2.05) is 6.07 Å². The van der Waals surface area contributed by atoms with Gasteiger partial charge < -0.3 is 15.0 Å². The number of ether oxygens (including phenoxy) is 1. The molecule has 0 aliphatic carbocycles. The molecule has 2 rings (SSSR count). The van der Waals surface area contributed by atoms with Gasteiger partial charge in [0.2, 0.25) is 0 Å². The lowest BCUT2D eigenvalue weighted by Crippen LogP contribution is -2.29. The summed E-state index contributed by atoms with van der Waals surface area (Å²) in [7, 11) is 1.73. The number of halogens is 1. The van der Waals surface area contributed by atoms with Gasteiger partial charge in [0.25, 0.3) is 5.91 Å². The molecule has 1 fully saturated rings. The number of nitrogens with one attached hydrogen (secondary N) is 1. The van der Waals surface area contributed by atoms with Gasteiger partial charge >= 0.3 is 0 Å². The fourth-order valence-electron chi connectivity index (χ4n) is 2.21. The van der Waals surface area contributed by atoms with Crippen molar-refractivity contribution in [3.63, 3.8) is 0 Å². The first-order chi connectivity index (χ1) is 9.61. The number of nitrogens with zero attached hydrogens (tertiary/aromatic N) is 1. The van der Waals surface area contributed by atoms with Gasteiger partial charge in [0.05, 0.1) is 0 Å². The molecule has 0 bridgehead atoms. The molecule has 1 saturated heterocycles. The topological polar surface area (TPSA) is 41.6 Å². The average Bonchev–Trinajstić information content (AvgIpc) is 2.74. The van der Waals surface area contributed by atoms with E-state index in [1.165, 1.54) is 6.07 Å². The van der Waals surface area contributed by atoms with Crippen LogP contribution < -0.4 is 10.1 Å². The minimum Gasteiger partial charge on any atom is -0.477 e. The Morgan fingerprint density at radius 1 is 1.50 bits per heavy atom. The van der Waals surface area contributed by atoms with E-state index >= 15 is 0 Å². The summed E-state index contributed by atoms with van der Waals surface area (Å²) in [6.45, 7) is 4.28. The Morgan fingerprint density at radius 2 is 2.30 bits per heavy atom. The van der Waals surface area contributed by atoms with E-state index in [9.17, 15) is 9.18 Å². The number of rotatable bonds is 6. The van der Waals surface area contributed by atoms with Crippen molar-refractivity contribution in [3.05, 3.63) is 29.6 Å². The second kappa shape index (κ2) is 6.70. The Labute approximate surface area is 118 Å². The molecule has 1 unspecified atom stereocenters. The van der Waals surface area contributed by atoms with Crippen molar-refractivity contribution in [2.24, 2.45) is 0 Å². The number of carbonyl (C=O) groups is 1. The zero-order valence-corrected chi connectivity index (χ0v) is 12.0. The van der Waals surface area contributed by atoms with Crippen molar-refractivity contribution in [3.8, 4) is 5.75 Å². The Kier molecular flexibility index (Phi) is 4.95. The molecule has 4 nitrogen and oxygen atoms in total. The van der Waals surface area contributed by atoms with E-state index in [-0.39, 0.29) is 11.7 Å². The predicted octanol–water partition coefficient (Wildman–Crippen LogP) is 1.93. The second-order valence-electron chi connectivity index (χ2n) is 5.10. The van der Waals surface area contributed by atoms with Gasteiger partial charge in [-0.15, -0.1) is 0 Å². The third kappa shape index (κ3) is 3.48. The van der Waals surface area contributed by atoms with Crippen LogP contribution in [0.25, 0.3) is 0 Å². The van der Waals surface area contributed by atoms with Crippen molar-refractivity contribution < 1.29 is 13.9 Å². The first kappa shape index (κ1) is 14.8. The van der Waals surface area contributed by atoms with E-state index in [1.54, 1.807) is 18.0 Å². The third-order valence-corrected chi connectivity index (χ3v) is 3.40. The molecule has 0 spiro atoms. The number of amides is 1. The maximum Gasteiger partial charge on any atom is 0.263 e. The number of carbonyl (C=O) groups excluding carboxylic acids is 1. The highest BCUT2D eigenvalue weighted by atomic mass is 19.1. The minimum absolute atomic E-state index is 0.0851. The molecule has 1 aromatic carbocycles. The van der Waals surface area contributed by atoms with Gasteiger partial charge in [0.1, 0.15) is 0 Å². The zero-order chi connectivity index (χ0) is 14.5. The van der Waals surface area contributed by atoms with Gasteiger partial charge in [-0.2, -0.15) is 0 Å². The molecule has 1 heterocycles. The van der Waals surface area contributed by atoms with Crippen LogP contribution in [0.1, 0.15) is 25.3 Å². The monoisotopic (exact) mass is 280 g/mol. The summed E-state index contributed by atoms with van der Waals surface area (Å²) in [5.74, 6) is -0.348. The molecule has 1 atom stereocenters. The normalized spacial score (nSPS) is 18.6. The average molecular weight is 280 g/mol. The van der Waals surface area contributed by atoms with Crippen LogP contribution in [-0.2, 0) is 11.3 Å². The van der Waals surface area contributed by atoms with Crippen LogP contribution in [0.2, 0.25) is 0 Å². The lowest BCUT2D eigenvalue weighted by Gasteiger charge is -2.14. The van der Waals surface area contributed by atoms with Crippen LogP contribution in [0.4, 0.5) is 4.39 Å². The first-order valence-corrected chi connectivity index (χ1v) is 7.02. The van der Waals surface area contributed by atoms with E-state index in [0.29, 0.717) is 19.5 Å². The predicted molar refractivity (Wildman–Crippen MR) is 75.1 cm³/mol. The lowest BCUT2D eigenvalue weighted by atomic mass is 10.2. The number of likely N-dealkylation sites (N-methyl/N-ethyl adjacent to an activating group) is 1. The Hall–Kier alpha value is -1.62. The zero-order valence-electron chi connectivity index (χ0n) is 12.0. The van der Waals surface area contributed by atoms with Gasteiger partial charge in [-0.1, -0.05) is 13.0 Å². The van der Waals surface area contributed by atoms with Crippen LogP contribution >= 0.6 is 0 Å². The summed E-state index contributed by atoms with van der Waals surface area (Å²) in [6.07, 6.45) is 1.09. The van der Waals surface area contributed by atoms with Gasteiger partial charge in [-0.05, 0) is 30.7 Å². The highest BCUT2D eigenvalue weighted by Gasteiger charge is 2.31. The van der Waals surface area contributed by atoms with Crippen molar-refractivity contribution in [2.45, 2.75) is 32.4 Å². The summed E-state index contributed by atoms with van der Waals surface area (Å²) in [5.41, 5.74) is 0.873. The number of benzene rings is 1. The molecule has 0 radical (unpaired) electrons. The molecule has 1 aromatic rings. The van der Waals surface area contributed by atoms with E-state index in [2.05, 4.69) is 12.2 Å². The van der Waals surface area contributed by atoms with Gasteiger partial charge in [0, 0.05) is 26.6 Å². The number of hydrogen-bond acceptors (Lipinski definition) is 3. The highest BCUT2D eigenvalue weighted by Crippen LogP contribution is 2.23. The SMILES string of the molecule is CCCNCc1ccc(OC2CCN(C)C2=O)c(F)c1. The van der Waals surface area contributed by atoms with Gasteiger partial charge in [-0.25, -0.2) is 4.39 Å². The van der Waals surface area contributed by atoms with Crippen LogP contribution in [0.5, 0.6) is 5.75 Å². The highest BCUT2D eigenvalue weighted by molar-refractivity contribution is 5.83. The maximum absolute atomic E-state index is 14.0. The fraction of sp³-hybridized carbons (Fsp3) is 0.533. The summed E-state index contributed by atoms with van der Waals surface area (Å²) in [4.78, 5) is 13.3. The molecule has 0 aromatic heterocycles. The third-order valence-electron chi connectivity index (χ3n) is 3.40. The number of hydrogen-bond donors (Lipinski definition) is 1. The molecule has 1 aliphatic heterocycles. The molecule has 20 heavy (non-hydrogen) atoms. The van der Waals surface area contributed by atoms with Crippen LogP contribution in [-0.4, -0.2) is 37.0 Å². The van der Waals surface area contributed by atoms with Crippen LogP contribution in [0.3, 0.4) is 0 Å². The standard InChI is InChI=1S/C15H21FN2O2/c1-3-7-17-10-11-4-5-13(12(16)9-11)20-14-6-8-18(2)15(14)19/h4-5,9,14,17H,3,6-8,10H2,1-2H3. The van der Waals surface area contributed by atoms with Crippen molar-refractivity contribution in [1.82, 2.24) is 10.2 Å². The Morgan fingerprint density at radius 3 is 2.90 bits per heavy atom. The fourth-order valence-corrected chi connectivity index (χ4v) is 2.21. The van der Waals surface area contributed by atoms with E-state index in [0.717, 1.165) is 18.5 Å². The molecule has 0 saturated carbocycles. The Bertz CT molecular complexity index is 479. The summed E-state index contributed by atoms with van der Waals surface area (Å²) in [6, 6.07) is 4.88. The molecule has 5 heteroatoms. The van der Waals surface area contributed by atoms with E-state index in [4.69, 9.17) is 4.74 Å². The van der Waals surface area contributed by atoms with E-state index < -0.39 is 11.9 Å². The quantitative estimate of drug-likeness (QED) is 0.810. The van der Waals surface area contributed by atoms with Gasteiger partial charge in [-0.3, -0.25) is 4.79 Å². The second-order valence-corrected chi connectivity index (χ2v) is 5.10. The minimum atomic E-state index is -0.557. The Balaban J connectivity index is 1.97. The van der Waals surface area contributed by atoms with Crippen molar-refractivity contribution in [2.75, 3.05) is 20.1 Å². The smallest absolute Gasteiger partial charge is 0.263 e. The molecular formula is C15H21FN2O2. The lowest BCUT2D eigenvalue weighted by molar-refractivity contribution is -0.132. The molecule has 1 N–H and O–H groups in total. The maximum atomic E-state index is 14.0. The first-order valence-electron chi connectivity index (χ1n) is 7.02. The van der Waals surface area contributed by atoms with Crippen molar-refractivity contribution in [1.29, 1.82) is 0 Å².